The second-order valence-corrected chi connectivity index (χ2v) is 37.0. The van der Waals surface area contributed by atoms with Gasteiger partial charge in [-0.25, -0.2) is 28.8 Å². The van der Waals surface area contributed by atoms with Crippen LogP contribution in [0.25, 0.3) is 10.8 Å². The Morgan fingerprint density at radius 3 is 0.968 bits per heavy atom. The lowest BCUT2D eigenvalue weighted by molar-refractivity contribution is -0.149. The molecule has 12 unspecified atom stereocenters. The van der Waals surface area contributed by atoms with Crippen molar-refractivity contribution < 1.29 is 108 Å². The Bertz CT molecular complexity index is 4960. The van der Waals surface area contributed by atoms with Gasteiger partial charge in [-0.3, -0.25) is 28.8 Å². The van der Waals surface area contributed by atoms with E-state index >= 15 is 0 Å². The quantitative estimate of drug-likeness (QED) is 0.0236. The summed E-state index contributed by atoms with van der Waals surface area (Å²) >= 11 is 32.8. The van der Waals surface area contributed by atoms with Gasteiger partial charge in [-0.15, -0.1) is 70.6 Å². The molecule has 6 fully saturated rings. The van der Waals surface area contributed by atoms with Crippen molar-refractivity contribution in [1.82, 2.24) is 29.4 Å². The molecule has 125 heavy (non-hydrogen) atoms. The molecule has 9 N–H and O–H groups in total. The van der Waals surface area contributed by atoms with E-state index in [1.165, 1.54) is 118 Å². The van der Waals surface area contributed by atoms with Crippen LogP contribution < -0.4 is 4.74 Å². The largest absolute Gasteiger partial charge is 0.508 e. The summed E-state index contributed by atoms with van der Waals surface area (Å²) in [5.41, 5.74) is 5.19. The van der Waals surface area contributed by atoms with Crippen LogP contribution in [0.15, 0.2) is 164 Å². The van der Waals surface area contributed by atoms with Crippen LogP contribution in [-0.4, -0.2) is 259 Å². The number of amides is 6. The third-order valence-electron chi connectivity index (χ3n) is 19.8. The first-order valence-electron chi connectivity index (χ1n) is 38.5. The second-order valence-electron chi connectivity index (χ2n) is 27.7. The second kappa shape index (κ2) is 50.2. The number of thiol groups is 6. The molecular formula is C84H93N7O22S12. The molecular weight excluding hydrogens is 1840 g/mol. The van der Waals surface area contributed by atoms with E-state index in [9.17, 15) is 103 Å². The van der Waals surface area contributed by atoms with Gasteiger partial charge in [0.25, 0.3) is 0 Å². The highest BCUT2D eigenvalue weighted by atomic mass is 32.2. The lowest BCUT2D eigenvalue weighted by Crippen LogP contribution is -2.43. The van der Waals surface area contributed by atoms with E-state index < -0.39 is 82.8 Å². The number of carboxylic acids is 6. The zero-order valence-electron chi connectivity index (χ0n) is 66.8. The van der Waals surface area contributed by atoms with E-state index in [1.807, 2.05) is 91.0 Å². The summed E-state index contributed by atoms with van der Waals surface area (Å²) in [6, 6.07) is 45.0. The molecule has 0 saturated carbocycles. The fourth-order valence-corrected chi connectivity index (χ4v) is 23.7. The maximum atomic E-state index is 12.5. The van der Waals surface area contributed by atoms with Gasteiger partial charge in [-0.05, 0) is 116 Å². The molecule has 6 amide bonds. The summed E-state index contributed by atoms with van der Waals surface area (Å²) in [5, 5.41) is 93.8. The number of fused-ring (bicyclic) bond motifs is 1. The minimum Gasteiger partial charge on any atom is -0.508 e. The van der Waals surface area contributed by atoms with Gasteiger partial charge in [0.2, 0.25) is 35.4 Å². The summed E-state index contributed by atoms with van der Waals surface area (Å²) in [5.74, 6) is -1.78. The number of carbonyl (C=O) groups is 12. The van der Waals surface area contributed by atoms with Gasteiger partial charge < -0.3 is 80.1 Å². The summed E-state index contributed by atoms with van der Waals surface area (Å²) in [4.78, 5) is 150. The van der Waals surface area contributed by atoms with Crippen LogP contribution in [0, 0.1) is 11.3 Å². The standard InChI is InChI=1S/C17H17NO4S2.C14H14N2O3S2.C14H17NO4S2.2C13H15NO4S2.C13H15NO3S2/c19-13-6-5-10-3-1-2-4-11(10)15(13)16-18(14(20)7-8-23)12(9-24-16)17(21)22;15-7-9-1-3-10(4-2-9)13-16(12(17)5-6-20)11(8-21-13)14(18)19;1-19-10-4-2-9(3-5-10)13-15(12(16)6-7-20)11(8-21-13)14(17)18;15-9-3-1-8(2-4-9)12-14(11(16)5-6-19)10(7-20-12)13(17)18;15-10-4-2-1-3-8(10)12-14(11(16)5-6-19)9(7-20-12)13(17)18;15-11(6-7-18)14-10(13(16)17)8-19-12(14)9-4-2-1-3-5-9/h1-6,12,16,19,23H,7-9H2,(H,21,22);1-4,11,13,20H,5-6,8H2,(H,18,19);2-5,11,13,20H,6-8H2,1H3,(H,17,18);1-4,10,12,15,19H,5-7H2,(H,17,18);1-4,9,12,15,19H,5-7H2,(H,17,18);1-5,10,12,18H,6-8H2,(H,16,17). The number of nitriles is 1. The number of carbonyl (C=O) groups excluding carboxylic acids is 6. The maximum absolute atomic E-state index is 12.5. The highest BCUT2D eigenvalue weighted by molar-refractivity contribution is 8.01. The van der Waals surface area contributed by atoms with Crippen molar-refractivity contribution in [3.63, 3.8) is 0 Å². The van der Waals surface area contributed by atoms with Crippen LogP contribution in [0.5, 0.6) is 23.0 Å². The van der Waals surface area contributed by atoms with E-state index in [0.29, 0.717) is 85.7 Å². The number of carboxylic acid groups (broad SMARTS) is 6. The van der Waals surface area contributed by atoms with Crippen molar-refractivity contribution in [3.05, 3.63) is 203 Å². The number of benzene rings is 7. The van der Waals surface area contributed by atoms with Gasteiger partial charge in [-0.2, -0.15) is 81.0 Å². The van der Waals surface area contributed by atoms with Gasteiger partial charge >= 0.3 is 35.8 Å². The summed E-state index contributed by atoms with van der Waals surface area (Å²) in [7, 11) is 1.59. The lowest BCUT2D eigenvalue weighted by atomic mass is 10.0. The Morgan fingerprint density at radius 2 is 0.632 bits per heavy atom. The van der Waals surface area contributed by atoms with Crippen LogP contribution in [-0.2, 0) is 57.5 Å². The van der Waals surface area contributed by atoms with Crippen molar-refractivity contribution in [3.8, 4) is 29.1 Å². The molecule has 0 aliphatic carbocycles. The number of para-hydroxylation sites is 1. The first-order valence-corrected chi connectivity index (χ1v) is 48.6. The minimum atomic E-state index is -1.03. The van der Waals surface area contributed by atoms with Crippen LogP contribution in [0.1, 0.15) is 110 Å². The van der Waals surface area contributed by atoms with E-state index in [4.69, 9.17) is 10.00 Å². The zero-order valence-corrected chi connectivity index (χ0v) is 77.1. The number of thioether (sulfide) groups is 6. The molecule has 0 spiro atoms. The average Bonchev–Trinajstić information content (AvgIpc) is 1.63. The van der Waals surface area contributed by atoms with Gasteiger partial charge in [0.15, 0.2) is 0 Å². The smallest absolute Gasteiger partial charge is 0.327 e. The number of hydrogen-bond donors (Lipinski definition) is 15. The summed E-state index contributed by atoms with van der Waals surface area (Å²) in [6.07, 6.45) is 1.26. The van der Waals surface area contributed by atoms with Crippen molar-refractivity contribution >= 4 is 228 Å². The summed E-state index contributed by atoms with van der Waals surface area (Å²) in [6.45, 7) is 0. The van der Waals surface area contributed by atoms with Gasteiger partial charge in [-0.1, -0.05) is 115 Å². The third-order valence-corrected chi connectivity index (χ3v) is 29.0. The number of ether oxygens (including phenoxy) is 1. The summed E-state index contributed by atoms with van der Waals surface area (Å²) < 4.78 is 5.11. The predicted molar refractivity (Wildman–Crippen MR) is 504 cm³/mol. The predicted octanol–water partition coefficient (Wildman–Crippen LogP) is 12.4. The highest BCUT2D eigenvalue weighted by Gasteiger charge is 2.48. The molecule has 0 aromatic heterocycles. The molecule has 29 nitrogen and oxygen atoms in total. The normalized spacial score (nSPS) is 21.5. The fourth-order valence-electron chi connectivity index (χ4n) is 13.8. The van der Waals surface area contributed by atoms with Crippen LogP contribution >= 0.6 is 146 Å². The Hall–Kier alpha value is -8.67. The van der Waals surface area contributed by atoms with Crippen LogP contribution in [0.4, 0.5) is 0 Å². The molecule has 6 saturated heterocycles. The van der Waals surface area contributed by atoms with E-state index in [1.54, 1.807) is 67.8 Å². The number of nitrogens with zero attached hydrogens (tertiary/aromatic N) is 7. The van der Waals surface area contributed by atoms with Crippen molar-refractivity contribution in [2.45, 2.75) is 107 Å². The average molecular weight is 1940 g/mol. The zero-order chi connectivity index (χ0) is 91.3. The number of hydrogen-bond acceptors (Lipinski definition) is 29. The molecule has 7 aromatic carbocycles. The molecule has 6 heterocycles. The Balaban J connectivity index is 0.000000186. The number of rotatable bonds is 25. The van der Waals surface area contributed by atoms with Gasteiger partial charge in [0.1, 0.15) is 91.5 Å². The van der Waals surface area contributed by atoms with Crippen molar-refractivity contribution in [2.75, 3.05) is 76.1 Å². The molecule has 0 radical (unpaired) electrons. The Labute approximate surface area is 779 Å². The topological polar surface area (TPSA) is 439 Å². The van der Waals surface area contributed by atoms with E-state index in [2.05, 4.69) is 75.8 Å². The number of methoxy groups -OCH3 is 1. The molecule has 0 bridgehead atoms. The molecule has 6 aliphatic heterocycles. The Kier molecular flexibility index (Phi) is 40.8. The maximum Gasteiger partial charge on any atom is 0.327 e. The first-order chi connectivity index (χ1) is 59.9. The van der Waals surface area contributed by atoms with Crippen LogP contribution in [0.3, 0.4) is 0 Å². The molecule has 12 atom stereocenters. The molecule has 13 rings (SSSR count). The number of aliphatic carboxylic acids is 6. The molecule has 41 heteroatoms. The number of phenols is 3. The van der Waals surface area contributed by atoms with E-state index in [0.717, 1.165) is 38.8 Å². The lowest BCUT2D eigenvalue weighted by Gasteiger charge is -2.28. The van der Waals surface area contributed by atoms with Gasteiger partial charge in [0, 0.05) is 84.2 Å². The Morgan fingerprint density at radius 1 is 0.344 bits per heavy atom. The van der Waals surface area contributed by atoms with E-state index in [-0.39, 0.29) is 113 Å². The molecule has 668 valence electrons. The highest BCUT2D eigenvalue weighted by Crippen LogP contribution is 2.50. The number of aromatic hydroxyl groups is 3. The van der Waals surface area contributed by atoms with Crippen LogP contribution in [0.2, 0.25) is 0 Å². The molecule has 6 aliphatic rings. The molecule has 7 aromatic rings. The SMILES string of the molecule is COc1ccc(C2SCC(C(=O)O)N2C(=O)CCS)cc1.N#Cc1ccc(C2SCC(C(=O)O)N2C(=O)CCS)cc1.O=C(O)C1CSC(c2c(O)ccc3ccccc23)N1C(=O)CCS.O=C(O)C1CSC(c2ccc(O)cc2)N1C(=O)CCS.O=C(O)C1CSC(c2ccccc2)N1C(=O)CCS.O=C(O)C1CSC(c2ccccc2O)N1C(=O)CCS. The minimum absolute atomic E-state index is 0.0692. The fraction of sp³-hybridized carbons (Fsp3) is 0.369. The number of phenolic OH excluding ortho intramolecular Hbond substituents is 3. The third kappa shape index (κ3) is 26.5. The van der Waals surface area contributed by atoms with Crippen molar-refractivity contribution in [2.24, 2.45) is 0 Å². The van der Waals surface area contributed by atoms with Gasteiger partial charge in [0.05, 0.1) is 18.7 Å². The van der Waals surface area contributed by atoms with Crippen molar-refractivity contribution in [1.29, 1.82) is 5.26 Å². The monoisotopic (exact) mass is 1940 g/mol. The first kappa shape index (κ1) is 102.